The number of halogens is 1. The Labute approximate surface area is 121 Å². The lowest BCUT2D eigenvalue weighted by Gasteiger charge is -2.11. The van der Waals surface area contributed by atoms with Gasteiger partial charge in [0.1, 0.15) is 5.03 Å². The summed E-state index contributed by atoms with van der Waals surface area (Å²) in [4.78, 5) is 5.45. The first kappa shape index (κ1) is 14.3. The van der Waals surface area contributed by atoms with E-state index in [1.807, 2.05) is 36.4 Å². The maximum Gasteiger partial charge on any atom is 0.104 e. The molecule has 2 rings (SSSR count). The standard InChI is InChI=1S/C14H15ClN2OS/c15-11-3-5-13(6-4-11)19-14-10(2-1-7-17-14)8-12(16)9-18/h1-7,12,18H,8-9,16H2. The van der Waals surface area contributed by atoms with Gasteiger partial charge in [0, 0.05) is 22.2 Å². The van der Waals surface area contributed by atoms with Crippen LogP contribution in [0, 0.1) is 0 Å². The van der Waals surface area contributed by atoms with Crippen molar-refractivity contribution in [3.05, 3.63) is 53.2 Å². The molecule has 0 aliphatic heterocycles. The minimum absolute atomic E-state index is 0.0278. The van der Waals surface area contributed by atoms with Crippen LogP contribution in [0.4, 0.5) is 0 Å². The fourth-order valence-corrected chi connectivity index (χ4v) is 2.65. The van der Waals surface area contributed by atoms with E-state index in [2.05, 4.69) is 4.98 Å². The lowest BCUT2D eigenvalue weighted by atomic mass is 10.1. The second kappa shape index (κ2) is 6.91. The summed E-state index contributed by atoms with van der Waals surface area (Å²) in [5.41, 5.74) is 6.83. The maximum absolute atomic E-state index is 9.04. The molecule has 0 saturated carbocycles. The van der Waals surface area contributed by atoms with Crippen LogP contribution in [0.15, 0.2) is 52.5 Å². The van der Waals surface area contributed by atoms with E-state index in [0.29, 0.717) is 11.4 Å². The first-order valence-electron chi connectivity index (χ1n) is 5.93. The molecule has 0 aliphatic carbocycles. The van der Waals surface area contributed by atoms with Crippen LogP contribution in [0.1, 0.15) is 5.56 Å². The van der Waals surface area contributed by atoms with E-state index in [1.165, 1.54) is 0 Å². The van der Waals surface area contributed by atoms with Gasteiger partial charge in [-0.05, 0) is 42.3 Å². The van der Waals surface area contributed by atoms with Crippen molar-refractivity contribution in [1.29, 1.82) is 0 Å². The Hall–Kier alpha value is -1.07. The van der Waals surface area contributed by atoms with Gasteiger partial charge in [0.05, 0.1) is 6.61 Å². The van der Waals surface area contributed by atoms with Gasteiger partial charge in [-0.25, -0.2) is 4.98 Å². The first-order valence-corrected chi connectivity index (χ1v) is 7.12. The molecule has 0 spiro atoms. The van der Waals surface area contributed by atoms with Crippen molar-refractivity contribution in [2.45, 2.75) is 22.4 Å². The molecule has 100 valence electrons. The van der Waals surface area contributed by atoms with Gasteiger partial charge < -0.3 is 10.8 Å². The van der Waals surface area contributed by atoms with Crippen LogP contribution in [0.2, 0.25) is 5.02 Å². The lowest BCUT2D eigenvalue weighted by Crippen LogP contribution is -2.27. The van der Waals surface area contributed by atoms with Gasteiger partial charge in [0.2, 0.25) is 0 Å². The molecule has 0 aliphatic rings. The molecule has 0 amide bonds. The van der Waals surface area contributed by atoms with Crippen molar-refractivity contribution in [2.75, 3.05) is 6.61 Å². The maximum atomic E-state index is 9.04. The minimum Gasteiger partial charge on any atom is -0.395 e. The molecule has 5 heteroatoms. The van der Waals surface area contributed by atoms with Crippen LogP contribution in [0.5, 0.6) is 0 Å². The molecule has 0 bridgehead atoms. The van der Waals surface area contributed by atoms with Gasteiger partial charge in [0.25, 0.3) is 0 Å². The number of aromatic nitrogens is 1. The molecule has 0 radical (unpaired) electrons. The summed E-state index contributed by atoms with van der Waals surface area (Å²) in [6.45, 7) is -0.0278. The second-order valence-electron chi connectivity index (χ2n) is 4.17. The van der Waals surface area contributed by atoms with Gasteiger partial charge in [-0.15, -0.1) is 0 Å². The summed E-state index contributed by atoms with van der Waals surface area (Å²) in [7, 11) is 0. The summed E-state index contributed by atoms with van der Waals surface area (Å²) in [5.74, 6) is 0. The Balaban J connectivity index is 2.17. The van der Waals surface area contributed by atoms with Crippen molar-refractivity contribution in [3.63, 3.8) is 0 Å². The molecule has 1 aromatic heterocycles. The van der Waals surface area contributed by atoms with E-state index in [0.717, 1.165) is 15.5 Å². The van der Waals surface area contributed by atoms with Crippen molar-refractivity contribution < 1.29 is 5.11 Å². The van der Waals surface area contributed by atoms with Crippen LogP contribution in [-0.2, 0) is 6.42 Å². The summed E-state index contributed by atoms with van der Waals surface area (Å²) < 4.78 is 0. The predicted octanol–water partition coefficient (Wildman–Crippen LogP) is 2.75. The van der Waals surface area contributed by atoms with E-state index >= 15 is 0 Å². The van der Waals surface area contributed by atoms with Gasteiger partial charge >= 0.3 is 0 Å². The molecule has 0 fully saturated rings. The monoisotopic (exact) mass is 294 g/mol. The minimum atomic E-state index is -0.256. The molecular formula is C14H15ClN2OS. The number of nitrogens with two attached hydrogens (primary N) is 1. The number of aliphatic hydroxyl groups excluding tert-OH is 1. The van der Waals surface area contributed by atoms with Crippen LogP contribution in [0.25, 0.3) is 0 Å². The number of aliphatic hydroxyl groups is 1. The van der Waals surface area contributed by atoms with E-state index in [4.69, 9.17) is 22.4 Å². The largest absolute Gasteiger partial charge is 0.395 e. The van der Waals surface area contributed by atoms with Gasteiger partial charge in [-0.3, -0.25) is 0 Å². The summed E-state index contributed by atoms with van der Waals surface area (Å²) in [5, 5.41) is 10.7. The molecular weight excluding hydrogens is 280 g/mol. The van der Waals surface area contributed by atoms with Gasteiger partial charge in [-0.2, -0.15) is 0 Å². The first-order chi connectivity index (χ1) is 9.19. The number of pyridine rings is 1. The molecule has 1 atom stereocenters. The van der Waals surface area contributed by atoms with Crippen LogP contribution < -0.4 is 5.73 Å². The normalized spacial score (nSPS) is 12.4. The third kappa shape index (κ3) is 4.21. The summed E-state index contributed by atoms with van der Waals surface area (Å²) >= 11 is 7.43. The molecule has 2 aromatic rings. The highest BCUT2D eigenvalue weighted by molar-refractivity contribution is 7.99. The average molecular weight is 295 g/mol. The van der Waals surface area contributed by atoms with Crippen LogP contribution in [-0.4, -0.2) is 22.7 Å². The Morgan fingerprint density at radius 3 is 2.68 bits per heavy atom. The third-order valence-corrected chi connectivity index (χ3v) is 3.92. The van der Waals surface area contributed by atoms with E-state index in [-0.39, 0.29) is 12.6 Å². The number of hydrogen-bond donors (Lipinski definition) is 2. The molecule has 3 N–H and O–H groups in total. The highest BCUT2D eigenvalue weighted by Gasteiger charge is 2.09. The highest BCUT2D eigenvalue weighted by Crippen LogP contribution is 2.29. The molecule has 1 heterocycles. The fourth-order valence-electron chi connectivity index (χ4n) is 1.63. The Morgan fingerprint density at radius 1 is 1.26 bits per heavy atom. The van der Waals surface area contributed by atoms with Gasteiger partial charge in [-0.1, -0.05) is 29.4 Å². The molecule has 1 unspecified atom stereocenters. The highest BCUT2D eigenvalue weighted by atomic mass is 35.5. The third-order valence-electron chi connectivity index (χ3n) is 2.59. The SMILES string of the molecule is NC(CO)Cc1cccnc1Sc1ccc(Cl)cc1. The molecule has 19 heavy (non-hydrogen) atoms. The number of nitrogens with zero attached hydrogens (tertiary/aromatic N) is 1. The zero-order valence-electron chi connectivity index (χ0n) is 10.3. The average Bonchev–Trinajstić information content (AvgIpc) is 2.43. The molecule has 1 aromatic carbocycles. The van der Waals surface area contributed by atoms with E-state index in [9.17, 15) is 0 Å². The predicted molar refractivity (Wildman–Crippen MR) is 78.6 cm³/mol. The van der Waals surface area contributed by atoms with Crippen LogP contribution >= 0.6 is 23.4 Å². The second-order valence-corrected chi connectivity index (χ2v) is 5.67. The zero-order chi connectivity index (χ0) is 13.7. The van der Waals surface area contributed by atoms with Crippen molar-refractivity contribution in [2.24, 2.45) is 5.73 Å². The van der Waals surface area contributed by atoms with Gasteiger partial charge in [0.15, 0.2) is 0 Å². The summed E-state index contributed by atoms with van der Waals surface area (Å²) in [6, 6.07) is 11.2. The lowest BCUT2D eigenvalue weighted by molar-refractivity contribution is 0.265. The molecule has 3 nitrogen and oxygen atoms in total. The number of benzene rings is 1. The smallest absolute Gasteiger partial charge is 0.104 e. The Morgan fingerprint density at radius 2 is 2.00 bits per heavy atom. The van der Waals surface area contributed by atoms with E-state index < -0.39 is 0 Å². The summed E-state index contributed by atoms with van der Waals surface area (Å²) in [6.07, 6.45) is 2.37. The van der Waals surface area contributed by atoms with Crippen molar-refractivity contribution in [3.8, 4) is 0 Å². The quantitative estimate of drug-likeness (QED) is 0.890. The molecule has 0 saturated heterocycles. The topological polar surface area (TPSA) is 59.1 Å². The van der Waals surface area contributed by atoms with Crippen molar-refractivity contribution in [1.82, 2.24) is 4.98 Å². The van der Waals surface area contributed by atoms with Crippen LogP contribution in [0.3, 0.4) is 0 Å². The Bertz CT molecular complexity index is 533. The van der Waals surface area contributed by atoms with Crippen molar-refractivity contribution >= 4 is 23.4 Å². The zero-order valence-corrected chi connectivity index (χ0v) is 11.9. The number of hydrogen-bond acceptors (Lipinski definition) is 4. The number of rotatable bonds is 5. The fraction of sp³-hybridized carbons (Fsp3) is 0.214. The Kier molecular flexibility index (Phi) is 5.22. The van der Waals surface area contributed by atoms with E-state index in [1.54, 1.807) is 18.0 Å².